The molecule has 1 aromatic carbocycles. The third-order valence-electron chi connectivity index (χ3n) is 3.18. The SMILES string of the molecule is C[C@@H](Sc1n[nH]c(-c2ccccc2)n1)C(=O)NCc1ccco1. The molecule has 0 radical (unpaired) electrons. The predicted octanol–water partition coefficient (Wildman–Crippen LogP) is 2.86. The van der Waals surface area contributed by atoms with Gasteiger partial charge in [-0.15, -0.1) is 5.10 Å². The minimum Gasteiger partial charge on any atom is -0.467 e. The lowest BCUT2D eigenvalue weighted by Crippen LogP contribution is -2.30. The molecule has 0 saturated heterocycles. The first-order valence-corrected chi connectivity index (χ1v) is 8.05. The van der Waals surface area contributed by atoms with Crippen LogP contribution in [0.3, 0.4) is 0 Å². The van der Waals surface area contributed by atoms with Crippen LogP contribution in [0.15, 0.2) is 58.3 Å². The number of carbonyl (C=O) groups excluding carboxylic acids is 1. The Morgan fingerprint density at radius 2 is 2.13 bits per heavy atom. The fraction of sp³-hybridized carbons (Fsp3) is 0.188. The van der Waals surface area contributed by atoms with Crippen LogP contribution in [-0.4, -0.2) is 26.3 Å². The molecule has 6 nitrogen and oxygen atoms in total. The zero-order chi connectivity index (χ0) is 16.1. The molecule has 0 bridgehead atoms. The summed E-state index contributed by atoms with van der Waals surface area (Å²) >= 11 is 1.31. The first kappa shape index (κ1) is 15.4. The zero-order valence-electron chi connectivity index (χ0n) is 12.5. The summed E-state index contributed by atoms with van der Waals surface area (Å²) in [4.78, 5) is 16.5. The molecule has 3 aromatic rings. The van der Waals surface area contributed by atoms with E-state index in [1.807, 2.05) is 43.3 Å². The molecule has 118 valence electrons. The van der Waals surface area contributed by atoms with Crippen LogP contribution in [0.25, 0.3) is 11.4 Å². The lowest BCUT2D eigenvalue weighted by molar-refractivity contribution is -0.120. The summed E-state index contributed by atoms with van der Waals surface area (Å²) in [6.07, 6.45) is 1.58. The van der Waals surface area contributed by atoms with E-state index in [1.165, 1.54) is 11.8 Å². The van der Waals surface area contributed by atoms with Gasteiger partial charge in [0.25, 0.3) is 0 Å². The number of rotatable bonds is 6. The molecule has 2 N–H and O–H groups in total. The third kappa shape index (κ3) is 4.01. The maximum Gasteiger partial charge on any atom is 0.233 e. The van der Waals surface area contributed by atoms with Crippen LogP contribution in [0.4, 0.5) is 0 Å². The molecule has 2 aromatic heterocycles. The van der Waals surface area contributed by atoms with E-state index in [-0.39, 0.29) is 11.2 Å². The first-order chi connectivity index (χ1) is 11.2. The van der Waals surface area contributed by atoms with Crippen LogP contribution < -0.4 is 5.32 Å². The molecular weight excluding hydrogens is 312 g/mol. The number of amides is 1. The number of nitrogens with one attached hydrogen (secondary N) is 2. The molecular formula is C16H16N4O2S. The summed E-state index contributed by atoms with van der Waals surface area (Å²) in [7, 11) is 0. The largest absolute Gasteiger partial charge is 0.467 e. The quantitative estimate of drug-likeness (QED) is 0.680. The first-order valence-electron chi connectivity index (χ1n) is 7.17. The van der Waals surface area contributed by atoms with Crippen molar-refractivity contribution in [1.29, 1.82) is 0 Å². The van der Waals surface area contributed by atoms with Crippen LogP contribution in [0.2, 0.25) is 0 Å². The summed E-state index contributed by atoms with van der Waals surface area (Å²) in [6.45, 7) is 2.20. The van der Waals surface area contributed by atoms with E-state index in [0.717, 1.165) is 11.3 Å². The highest BCUT2D eigenvalue weighted by atomic mass is 32.2. The molecule has 1 amide bonds. The Balaban J connectivity index is 1.56. The summed E-state index contributed by atoms with van der Waals surface area (Å²) in [6, 6.07) is 13.3. The molecule has 0 aliphatic rings. The summed E-state index contributed by atoms with van der Waals surface area (Å²) in [5, 5.41) is 10.1. The van der Waals surface area contributed by atoms with Crippen LogP contribution in [0.1, 0.15) is 12.7 Å². The number of aromatic amines is 1. The van der Waals surface area contributed by atoms with Crippen LogP contribution in [0.5, 0.6) is 0 Å². The van der Waals surface area contributed by atoms with Gasteiger partial charge in [-0.2, -0.15) is 0 Å². The minimum absolute atomic E-state index is 0.0857. The number of H-pyrrole nitrogens is 1. The average molecular weight is 328 g/mol. The lowest BCUT2D eigenvalue weighted by atomic mass is 10.2. The molecule has 0 aliphatic carbocycles. The van der Waals surface area contributed by atoms with Gasteiger partial charge in [0.15, 0.2) is 5.82 Å². The number of benzene rings is 1. The average Bonchev–Trinajstić information content (AvgIpc) is 3.25. The molecule has 3 rings (SSSR count). The summed E-state index contributed by atoms with van der Waals surface area (Å²) in [5.41, 5.74) is 0.960. The van der Waals surface area contributed by atoms with E-state index in [4.69, 9.17) is 4.42 Å². The molecule has 1 atom stereocenters. The second-order valence-electron chi connectivity index (χ2n) is 4.89. The highest BCUT2D eigenvalue weighted by molar-refractivity contribution is 8.00. The van der Waals surface area contributed by atoms with E-state index in [0.29, 0.717) is 17.5 Å². The number of nitrogens with zero attached hydrogens (tertiary/aromatic N) is 2. The van der Waals surface area contributed by atoms with Crippen molar-refractivity contribution < 1.29 is 9.21 Å². The molecule has 0 saturated carbocycles. The van der Waals surface area contributed by atoms with E-state index < -0.39 is 0 Å². The smallest absolute Gasteiger partial charge is 0.233 e. The van der Waals surface area contributed by atoms with Gasteiger partial charge in [-0.3, -0.25) is 9.89 Å². The predicted molar refractivity (Wildman–Crippen MR) is 87.7 cm³/mol. The van der Waals surface area contributed by atoms with E-state index in [1.54, 1.807) is 12.3 Å². The van der Waals surface area contributed by atoms with Gasteiger partial charge in [0, 0.05) is 5.56 Å². The van der Waals surface area contributed by atoms with Crippen molar-refractivity contribution in [2.24, 2.45) is 0 Å². The van der Waals surface area contributed by atoms with Gasteiger partial charge in [0.05, 0.1) is 18.1 Å². The number of carbonyl (C=O) groups is 1. The van der Waals surface area contributed by atoms with Crippen molar-refractivity contribution in [3.05, 3.63) is 54.5 Å². The molecule has 23 heavy (non-hydrogen) atoms. The number of hydrogen-bond acceptors (Lipinski definition) is 5. The van der Waals surface area contributed by atoms with Gasteiger partial charge in [0.2, 0.25) is 11.1 Å². The number of thioether (sulfide) groups is 1. The highest BCUT2D eigenvalue weighted by Crippen LogP contribution is 2.22. The van der Waals surface area contributed by atoms with Crippen molar-refractivity contribution in [1.82, 2.24) is 20.5 Å². The Morgan fingerprint density at radius 3 is 2.87 bits per heavy atom. The Kier molecular flexibility index (Phi) is 4.77. The van der Waals surface area contributed by atoms with Gasteiger partial charge >= 0.3 is 0 Å². The number of hydrogen-bond donors (Lipinski definition) is 2. The molecule has 2 heterocycles. The Morgan fingerprint density at radius 1 is 1.30 bits per heavy atom. The maximum absolute atomic E-state index is 12.1. The standard InChI is InChI=1S/C16H16N4O2S/c1-11(15(21)17-10-13-8-5-9-22-13)23-16-18-14(19-20-16)12-6-3-2-4-7-12/h2-9,11H,10H2,1H3,(H,17,21)(H,18,19,20)/t11-/m1/s1. The molecule has 0 spiro atoms. The number of furan rings is 1. The van der Waals surface area contributed by atoms with Gasteiger partial charge in [-0.1, -0.05) is 42.1 Å². The third-order valence-corrected chi connectivity index (χ3v) is 4.14. The Bertz CT molecular complexity index is 756. The number of aromatic nitrogens is 3. The second-order valence-corrected chi connectivity index (χ2v) is 6.20. The normalized spacial score (nSPS) is 12.0. The fourth-order valence-electron chi connectivity index (χ4n) is 1.97. The van der Waals surface area contributed by atoms with Crippen molar-refractivity contribution in [2.75, 3.05) is 0 Å². The topological polar surface area (TPSA) is 83.8 Å². The van der Waals surface area contributed by atoms with Gasteiger partial charge in [-0.25, -0.2) is 4.98 Å². The van der Waals surface area contributed by atoms with Crippen molar-refractivity contribution in [2.45, 2.75) is 23.9 Å². The van der Waals surface area contributed by atoms with Crippen LogP contribution in [0, 0.1) is 0 Å². The summed E-state index contributed by atoms with van der Waals surface area (Å²) < 4.78 is 5.18. The van der Waals surface area contributed by atoms with E-state index in [2.05, 4.69) is 20.5 Å². The Labute approximate surface area is 137 Å². The minimum atomic E-state index is -0.301. The molecule has 0 unspecified atom stereocenters. The van der Waals surface area contributed by atoms with E-state index in [9.17, 15) is 4.79 Å². The van der Waals surface area contributed by atoms with Crippen molar-refractivity contribution in [3.63, 3.8) is 0 Å². The molecule has 7 heteroatoms. The molecule has 0 aliphatic heterocycles. The van der Waals surface area contributed by atoms with Gasteiger partial charge < -0.3 is 9.73 Å². The maximum atomic E-state index is 12.1. The molecule has 0 fully saturated rings. The van der Waals surface area contributed by atoms with Gasteiger partial charge in [0.1, 0.15) is 5.76 Å². The van der Waals surface area contributed by atoms with Crippen LogP contribution >= 0.6 is 11.8 Å². The summed E-state index contributed by atoms with van der Waals surface area (Å²) in [5.74, 6) is 1.33. The highest BCUT2D eigenvalue weighted by Gasteiger charge is 2.17. The zero-order valence-corrected chi connectivity index (χ0v) is 13.3. The van der Waals surface area contributed by atoms with Crippen molar-refractivity contribution in [3.8, 4) is 11.4 Å². The van der Waals surface area contributed by atoms with Gasteiger partial charge in [-0.05, 0) is 19.1 Å². The Hall–Kier alpha value is -2.54. The lowest BCUT2D eigenvalue weighted by Gasteiger charge is -2.08. The van der Waals surface area contributed by atoms with Crippen LogP contribution in [-0.2, 0) is 11.3 Å². The monoisotopic (exact) mass is 328 g/mol. The van der Waals surface area contributed by atoms with E-state index >= 15 is 0 Å². The second kappa shape index (κ2) is 7.15. The fourth-order valence-corrected chi connectivity index (χ4v) is 2.72. The van der Waals surface area contributed by atoms with Crippen molar-refractivity contribution >= 4 is 17.7 Å².